The highest BCUT2D eigenvalue weighted by Crippen LogP contribution is 2.48. The fourth-order valence-corrected chi connectivity index (χ4v) is 4.79. The quantitative estimate of drug-likeness (QED) is 0.877. The summed E-state index contributed by atoms with van der Waals surface area (Å²) >= 11 is 0. The summed E-state index contributed by atoms with van der Waals surface area (Å²) in [5.41, 5.74) is 5.67. The number of benzene rings is 1. The Morgan fingerprint density at radius 2 is 1.70 bits per heavy atom. The average Bonchev–Trinajstić information content (AvgIpc) is 3.05. The topological polar surface area (TPSA) is 94.3 Å². The van der Waals surface area contributed by atoms with Gasteiger partial charge in [-0.1, -0.05) is 0 Å². The maximum Gasteiger partial charge on any atom is 0.179 e. The minimum absolute atomic E-state index is 0.272. The Hall–Kier alpha value is -0.990. The molecule has 0 radical (unpaired) electrons. The van der Waals surface area contributed by atoms with Gasteiger partial charge in [0.1, 0.15) is 10.7 Å². The van der Waals surface area contributed by atoms with Gasteiger partial charge in [-0.3, -0.25) is 0 Å². The van der Waals surface area contributed by atoms with Gasteiger partial charge in [0.05, 0.1) is 4.90 Å². The molecule has 0 bridgehead atoms. The van der Waals surface area contributed by atoms with Crippen molar-refractivity contribution in [3.05, 3.63) is 23.5 Å². The number of halogens is 1. The van der Waals surface area contributed by atoms with Gasteiger partial charge in [-0.2, -0.15) is 0 Å². The van der Waals surface area contributed by atoms with Crippen molar-refractivity contribution >= 4 is 19.7 Å². The van der Waals surface area contributed by atoms with E-state index in [0.717, 1.165) is 31.4 Å². The zero-order valence-corrected chi connectivity index (χ0v) is 12.8. The van der Waals surface area contributed by atoms with Crippen LogP contribution in [0.4, 0.5) is 4.39 Å². The largest absolute Gasteiger partial charge is 0.330 e. The number of sulfone groups is 2. The minimum Gasteiger partial charge on any atom is -0.330 e. The third-order valence-electron chi connectivity index (χ3n) is 3.64. The third kappa shape index (κ3) is 2.59. The van der Waals surface area contributed by atoms with Crippen LogP contribution in [0.2, 0.25) is 0 Å². The standard InChI is InChI=1S/C12H16FNO4S2/c1-19(15,16)10-6-8(12(7-14)3-4-12)5-9(13)11(10)20(2,17)18/h5-6H,3-4,7,14H2,1-2H3. The summed E-state index contributed by atoms with van der Waals surface area (Å²) in [7, 11) is -7.84. The molecule has 2 N–H and O–H groups in total. The van der Waals surface area contributed by atoms with E-state index in [-0.39, 0.29) is 6.54 Å². The first kappa shape index (κ1) is 15.4. The van der Waals surface area contributed by atoms with Crippen molar-refractivity contribution in [1.82, 2.24) is 0 Å². The van der Waals surface area contributed by atoms with Crippen molar-refractivity contribution in [3.63, 3.8) is 0 Å². The van der Waals surface area contributed by atoms with Crippen LogP contribution >= 0.6 is 0 Å². The zero-order chi connectivity index (χ0) is 15.3. The Morgan fingerprint density at radius 1 is 1.15 bits per heavy atom. The zero-order valence-electron chi connectivity index (χ0n) is 11.2. The first-order valence-corrected chi connectivity index (χ1v) is 9.74. The highest BCUT2D eigenvalue weighted by molar-refractivity contribution is 7.93. The van der Waals surface area contributed by atoms with E-state index in [4.69, 9.17) is 5.73 Å². The van der Waals surface area contributed by atoms with Crippen molar-refractivity contribution in [3.8, 4) is 0 Å². The smallest absolute Gasteiger partial charge is 0.179 e. The first-order chi connectivity index (χ1) is 9.01. The molecule has 0 amide bonds. The average molecular weight is 321 g/mol. The molecule has 1 aliphatic carbocycles. The van der Waals surface area contributed by atoms with E-state index in [1.54, 1.807) is 0 Å². The molecule has 2 rings (SSSR count). The van der Waals surface area contributed by atoms with Gasteiger partial charge < -0.3 is 5.73 Å². The Balaban J connectivity index is 2.81. The monoisotopic (exact) mass is 321 g/mol. The van der Waals surface area contributed by atoms with Crippen LogP contribution in [0.3, 0.4) is 0 Å². The van der Waals surface area contributed by atoms with Gasteiger partial charge in [0, 0.05) is 24.5 Å². The van der Waals surface area contributed by atoms with Crippen molar-refractivity contribution in [1.29, 1.82) is 0 Å². The molecule has 20 heavy (non-hydrogen) atoms. The van der Waals surface area contributed by atoms with E-state index in [1.165, 1.54) is 6.07 Å². The molecule has 8 heteroatoms. The second kappa shape index (κ2) is 4.51. The van der Waals surface area contributed by atoms with Crippen LogP contribution in [0.1, 0.15) is 18.4 Å². The molecule has 5 nitrogen and oxygen atoms in total. The normalized spacial score (nSPS) is 18.0. The number of nitrogens with two attached hydrogens (primary N) is 1. The Labute approximate surface area is 117 Å². The molecule has 1 fully saturated rings. The van der Waals surface area contributed by atoms with Gasteiger partial charge in [-0.15, -0.1) is 0 Å². The Morgan fingerprint density at radius 3 is 2.05 bits per heavy atom. The van der Waals surface area contributed by atoms with Crippen molar-refractivity contribution in [2.24, 2.45) is 5.73 Å². The van der Waals surface area contributed by atoms with Crippen LogP contribution in [0.25, 0.3) is 0 Å². The van der Waals surface area contributed by atoms with Crippen LogP contribution in [0, 0.1) is 5.82 Å². The van der Waals surface area contributed by atoms with Gasteiger partial charge in [0.2, 0.25) is 0 Å². The fraction of sp³-hybridized carbons (Fsp3) is 0.500. The molecular weight excluding hydrogens is 305 g/mol. The first-order valence-electron chi connectivity index (χ1n) is 5.95. The van der Waals surface area contributed by atoms with Crippen LogP contribution in [0.5, 0.6) is 0 Å². The lowest BCUT2D eigenvalue weighted by Gasteiger charge is -2.16. The van der Waals surface area contributed by atoms with E-state index in [2.05, 4.69) is 0 Å². The van der Waals surface area contributed by atoms with E-state index >= 15 is 0 Å². The van der Waals surface area contributed by atoms with Crippen LogP contribution in [0.15, 0.2) is 21.9 Å². The third-order valence-corrected chi connectivity index (χ3v) is 6.04. The summed E-state index contributed by atoms with van der Waals surface area (Å²) in [6, 6.07) is 2.33. The number of rotatable bonds is 4. The summed E-state index contributed by atoms with van der Waals surface area (Å²) < 4.78 is 61.0. The number of hydrogen-bond acceptors (Lipinski definition) is 5. The molecule has 0 heterocycles. The van der Waals surface area contributed by atoms with Crippen LogP contribution in [-0.4, -0.2) is 35.9 Å². The molecule has 1 aromatic carbocycles. The molecule has 0 spiro atoms. The number of hydrogen-bond donors (Lipinski definition) is 1. The summed E-state index contributed by atoms with van der Waals surface area (Å²) in [6.07, 6.45) is 3.13. The Kier molecular flexibility index (Phi) is 3.47. The molecule has 1 aromatic rings. The highest BCUT2D eigenvalue weighted by atomic mass is 32.2. The van der Waals surface area contributed by atoms with Gasteiger partial charge in [0.25, 0.3) is 0 Å². The predicted molar refractivity (Wildman–Crippen MR) is 72.6 cm³/mol. The summed E-state index contributed by atoms with van der Waals surface area (Å²) in [6.45, 7) is 0.272. The van der Waals surface area contributed by atoms with E-state index in [9.17, 15) is 21.2 Å². The van der Waals surface area contributed by atoms with Crippen molar-refractivity contribution < 1.29 is 21.2 Å². The maximum absolute atomic E-state index is 14.1. The molecule has 0 aromatic heterocycles. The summed E-state index contributed by atoms with van der Waals surface area (Å²) in [5.74, 6) is -1.04. The lowest BCUT2D eigenvalue weighted by atomic mass is 9.96. The highest BCUT2D eigenvalue weighted by Gasteiger charge is 2.44. The lowest BCUT2D eigenvalue weighted by Crippen LogP contribution is -2.21. The molecule has 1 saturated carbocycles. The predicted octanol–water partition coefficient (Wildman–Crippen LogP) is 0.623. The fourth-order valence-electron chi connectivity index (χ4n) is 2.27. The molecule has 0 unspecified atom stereocenters. The van der Waals surface area contributed by atoms with Gasteiger partial charge in [-0.25, -0.2) is 21.2 Å². The second-order valence-electron chi connectivity index (χ2n) is 5.31. The van der Waals surface area contributed by atoms with Gasteiger partial charge >= 0.3 is 0 Å². The molecule has 112 valence electrons. The molecular formula is C12H16FNO4S2. The van der Waals surface area contributed by atoms with Gasteiger partial charge in [-0.05, 0) is 30.5 Å². The van der Waals surface area contributed by atoms with E-state index in [0.29, 0.717) is 5.56 Å². The van der Waals surface area contributed by atoms with Crippen LogP contribution in [-0.2, 0) is 25.1 Å². The second-order valence-corrected chi connectivity index (χ2v) is 9.25. The molecule has 1 aliphatic rings. The SMILES string of the molecule is CS(=O)(=O)c1cc(C2(CN)CC2)cc(F)c1S(C)(=O)=O. The molecule has 0 aliphatic heterocycles. The summed E-state index contributed by atoms with van der Waals surface area (Å²) in [4.78, 5) is -1.26. The van der Waals surface area contributed by atoms with E-state index in [1.807, 2.05) is 0 Å². The lowest BCUT2D eigenvalue weighted by molar-refractivity contribution is 0.548. The van der Waals surface area contributed by atoms with Crippen molar-refractivity contribution in [2.45, 2.75) is 28.0 Å². The molecule has 0 atom stereocenters. The minimum atomic E-state index is -3.98. The van der Waals surface area contributed by atoms with Crippen molar-refractivity contribution in [2.75, 3.05) is 19.1 Å². The Bertz CT molecular complexity index is 765. The van der Waals surface area contributed by atoms with Gasteiger partial charge in [0.15, 0.2) is 19.7 Å². The molecule has 0 saturated heterocycles. The van der Waals surface area contributed by atoms with E-state index < -0.39 is 40.7 Å². The summed E-state index contributed by atoms with van der Waals surface area (Å²) in [5, 5.41) is 0. The van der Waals surface area contributed by atoms with Crippen LogP contribution < -0.4 is 5.73 Å². The maximum atomic E-state index is 14.1.